The van der Waals surface area contributed by atoms with E-state index < -0.39 is 39.4 Å². The zero-order chi connectivity index (χ0) is 26.1. The van der Waals surface area contributed by atoms with Crippen molar-refractivity contribution in [1.29, 1.82) is 0 Å². The summed E-state index contributed by atoms with van der Waals surface area (Å²) in [6.07, 6.45) is 1.93. The third-order valence-corrected chi connectivity index (χ3v) is 8.23. The van der Waals surface area contributed by atoms with E-state index in [0.717, 1.165) is 30.2 Å². The Hall–Kier alpha value is -2.97. The molecule has 0 amide bonds. The van der Waals surface area contributed by atoms with E-state index in [0.29, 0.717) is 18.9 Å². The van der Waals surface area contributed by atoms with E-state index >= 15 is 4.39 Å². The number of hydrogen-bond acceptors (Lipinski definition) is 9. The fourth-order valence-electron chi connectivity index (χ4n) is 5.12. The van der Waals surface area contributed by atoms with Crippen molar-refractivity contribution in [3.8, 4) is 17.1 Å². The van der Waals surface area contributed by atoms with Crippen LogP contribution >= 0.6 is 23.1 Å². The quantitative estimate of drug-likeness (QED) is 0.259. The molecule has 194 valence electrons. The molecule has 2 fully saturated rings. The molecule has 0 saturated carbocycles. The number of rotatable bonds is 4. The van der Waals surface area contributed by atoms with Crippen LogP contribution in [0.3, 0.4) is 0 Å². The summed E-state index contributed by atoms with van der Waals surface area (Å²) >= 11 is 0.374. The van der Waals surface area contributed by atoms with Crippen molar-refractivity contribution in [3.63, 3.8) is 0 Å². The molecule has 7 nitrogen and oxygen atoms in total. The van der Waals surface area contributed by atoms with Gasteiger partial charge in [0.1, 0.15) is 17.2 Å². The van der Waals surface area contributed by atoms with Crippen LogP contribution in [0, 0.1) is 11.6 Å². The molecule has 2 aromatic heterocycles. The normalized spacial score (nSPS) is 19.8. The lowest BCUT2D eigenvalue weighted by Gasteiger charge is -2.34. The number of thiazole rings is 1. The van der Waals surface area contributed by atoms with E-state index in [1.165, 1.54) is 19.2 Å². The van der Waals surface area contributed by atoms with Gasteiger partial charge in [0, 0.05) is 46.6 Å². The average Bonchev–Trinajstić information content (AvgIpc) is 3.40. The largest absolute Gasteiger partial charge is 0.467 e. The Kier molecular flexibility index (Phi) is 5.80. The molecule has 6 rings (SSSR count). The number of nitrogens with one attached hydrogen (secondary N) is 1. The molecule has 0 spiro atoms. The molecule has 2 bridgehead atoms. The van der Waals surface area contributed by atoms with Gasteiger partial charge in [-0.15, -0.1) is 0 Å². The Morgan fingerprint density at radius 1 is 1.11 bits per heavy atom. The van der Waals surface area contributed by atoms with Gasteiger partial charge in [-0.1, -0.05) is 11.3 Å². The van der Waals surface area contributed by atoms with E-state index in [1.807, 2.05) is 4.90 Å². The number of fused-ring (bicyclic) bond motifs is 4. The number of alkyl halides is 3. The molecular weight excluding hydrogens is 535 g/mol. The Morgan fingerprint density at radius 3 is 2.51 bits per heavy atom. The SMILES string of the molecule is COc1nc(N2CC3CCC(C2)N3)c2cc(SC(F)(F)F)c(-c3ccc(F)c4sc(N)nc34)c(F)c2n1. The molecule has 2 aromatic carbocycles. The van der Waals surface area contributed by atoms with E-state index in [2.05, 4.69) is 20.3 Å². The summed E-state index contributed by atoms with van der Waals surface area (Å²) in [7, 11) is 1.33. The van der Waals surface area contributed by atoms with Gasteiger partial charge in [0.05, 0.1) is 17.3 Å². The number of nitrogens with two attached hydrogens (primary N) is 1. The number of methoxy groups -OCH3 is 1. The highest BCUT2D eigenvalue weighted by Crippen LogP contribution is 2.48. The molecule has 3 N–H and O–H groups in total. The van der Waals surface area contributed by atoms with Gasteiger partial charge in [-0.2, -0.15) is 23.1 Å². The molecule has 37 heavy (non-hydrogen) atoms. The molecule has 0 aliphatic carbocycles. The maximum Gasteiger partial charge on any atom is 0.446 e. The number of piperazine rings is 1. The van der Waals surface area contributed by atoms with Crippen molar-refractivity contribution in [2.75, 3.05) is 30.8 Å². The standard InChI is InChI=1S/C23H19F5N6OS2/c1-35-22-32-17-12(20(33-22)34-7-9-2-3-10(8-34)30-9)6-14(37-23(26,27)28)15(16(17)25)11-4-5-13(24)19-18(11)31-21(29)36-19/h4-6,9-10,30H,2-3,7-8H2,1H3,(H2,29,31). The topological polar surface area (TPSA) is 89.2 Å². The van der Waals surface area contributed by atoms with Crippen LogP contribution in [-0.4, -0.2) is 52.7 Å². The lowest BCUT2D eigenvalue weighted by atomic mass is 10.0. The van der Waals surface area contributed by atoms with Gasteiger partial charge >= 0.3 is 11.5 Å². The number of aromatic nitrogens is 3. The summed E-state index contributed by atoms with van der Waals surface area (Å²) in [5.74, 6) is -1.36. The van der Waals surface area contributed by atoms with Crippen LogP contribution in [0.1, 0.15) is 12.8 Å². The molecule has 2 saturated heterocycles. The Balaban J connectivity index is 1.64. The smallest absolute Gasteiger partial charge is 0.446 e. The molecule has 2 unspecified atom stereocenters. The van der Waals surface area contributed by atoms with Gasteiger partial charge in [0.2, 0.25) is 0 Å². The molecule has 14 heteroatoms. The molecular formula is C23H19F5N6OS2. The molecule has 4 aromatic rings. The fourth-order valence-corrected chi connectivity index (χ4v) is 6.61. The summed E-state index contributed by atoms with van der Waals surface area (Å²) in [6, 6.07) is 3.79. The summed E-state index contributed by atoms with van der Waals surface area (Å²) < 4.78 is 77.2. The number of benzene rings is 2. The summed E-state index contributed by atoms with van der Waals surface area (Å²) in [4.78, 5) is 14.2. The first-order chi connectivity index (χ1) is 17.6. The van der Waals surface area contributed by atoms with Crippen molar-refractivity contribution >= 4 is 55.2 Å². The number of halogens is 5. The zero-order valence-electron chi connectivity index (χ0n) is 19.2. The summed E-state index contributed by atoms with van der Waals surface area (Å²) in [5.41, 5.74) is 0.399. The molecule has 4 heterocycles. The Bertz CT molecular complexity index is 1530. The first-order valence-electron chi connectivity index (χ1n) is 11.3. The van der Waals surface area contributed by atoms with Gasteiger partial charge in [0.15, 0.2) is 10.9 Å². The second-order valence-electron chi connectivity index (χ2n) is 8.91. The predicted octanol–water partition coefficient (Wildman–Crippen LogP) is 5.33. The van der Waals surface area contributed by atoms with Crippen LogP contribution < -0.4 is 20.7 Å². The van der Waals surface area contributed by atoms with Crippen LogP contribution in [-0.2, 0) is 0 Å². The fraction of sp³-hybridized carbons (Fsp3) is 0.348. The monoisotopic (exact) mass is 554 g/mol. The number of nitrogen functional groups attached to an aromatic ring is 1. The first-order valence-corrected chi connectivity index (χ1v) is 12.9. The number of hydrogen-bond donors (Lipinski definition) is 2. The minimum absolute atomic E-state index is 0.00666. The third kappa shape index (κ3) is 4.30. The summed E-state index contributed by atoms with van der Waals surface area (Å²) in [6.45, 7) is 1.13. The van der Waals surface area contributed by atoms with Crippen LogP contribution in [0.4, 0.5) is 32.9 Å². The maximum absolute atomic E-state index is 16.3. The maximum atomic E-state index is 16.3. The van der Waals surface area contributed by atoms with E-state index in [4.69, 9.17) is 10.5 Å². The van der Waals surface area contributed by atoms with Gasteiger partial charge < -0.3 is 20.7 Å². The van der Waals surface area contributed by atoms with Crippen LogP contribution in [0.2, 0.25) is 0 Å². The third-order valence-electron chi connectivity index (χ3n) is 6.56. The Labute approximate surface area is 215 Å². The average molecular weight is 555 g/mol. The highest BCUT2D eigenvalue weighted by atomic mass is 32.2. The van der Waals surface area contributed by atoms with Crippen LogP contribution in [0.5, 0.6) is 6.01 Å². The van der Waals surface area contributed by atoms with Gasteiger partial charge in [0.25, 0.3) is 0 Å². The lowest BCUT2D eigenvalue weighted by molar-refractivity contribution is -0.0328. The van der Waals surface area contributed by atoms with Crippen molar-refractivity contribution < 1.29 is 26.7 Å². The number of ether oxygens (including phenoxy) is 1. The van der Waals surface area contributed by atoms with Gasteiger partial charge in [-0.05, 0) is 42.8 Å². The number of thioether (sulfide) groups is 1. The second kappa shape index (κ2) is 8.81. The van der Waals surface area contributed by atoms with Gasteiger partial charge in [-0.25, -0.2) is 13.8 Å². The van der Waals surface area contributed by atoms with Crippen LogP contribution in [0.25, 0.3) is 32.2 Å². The predicted molar refractivity (Wildman–Crippen MR) is 133 cm³/mol. The van der Waals surface area contributed by atoms with Crippen molar-refractivity contribution in [2.24, 2.45) is 0 Å². The lowest BCUT2D eigenvalue weighted by Crippen LogP contribution is -2.51. The van der Waals surface area contributed by atoms with E-state index in [1.54, 1.807) is 0 Å². The highest BCUT2D eigenvalue weighted by molar-refractivity contribution is 8.00. The minimum Gasteiger partial charge on any atom is -0.467 e. The number of anilines is 2. The van der Waals surface area contributed by atoms with Gasteiger partial charge in [-0.3, -0.25) is 0 Å². The van der Waals surface area contributed by atoms with Crippen molar-refractivity contribution in [3.05, 3.63) is 29.8 Å². The Morgan fingerprint density at radius 2 is 1.84 bits per heavy atom. The van der Waals surface area contributed by atoms with Crippen molar-refractivity contribution in [1.82, 2.24) is 20.3 Å². The molecule has 2 aliphatic heterocycles. The summed E-state index contributed by atoms with van der Waals surface area (Å²) in [5, 5.41) is 3.62. The zero-order valence-corrected chi connectivity index (χ0v) is 20.8. The molecule has 2 aliphatic rings. The highest BCUT2D eigenvalue weighted by Gasteiger charge is 2.36. The molecule has 2 atom stereocenters. The van der Waals surface area contributed by atoms with E-state index in [9.17, 15) is 17.6 Å². The second-order valence-corrected chi connectivity index (χ2v) is 11.0. The first kappa shape index (κ1) is 24.4. The van der Waals surface area contributed by atoms with Crippen LogP contribution in [0.15, 0.2) is 23.1 Å². The van der Waals surface area contributed by atoms with E-state index in [-0.39, 0.29) is 49.9 Å². The number of nitrogens with zero attached hydrogens (tertiary/aromatic N) is 4. The minimum atomic E-state index is -4.73. The van der Waals surface area contributed by atoms with Crippen molar-refractivity contribution in [2.45, 2.75) is 35.3 Å². The molecule has 0 radical (unpaired) electrons.